The molecule has 0 fully saturated rings. The van der Waals surface area contributed by atoms with Gasteiger partial charge in [-0.2, -0.15) is 0 Å². The molecule has 0 aromatic heterocycles. The van der Waals surface area contributed by atoms with E-state index in [1.807, 2.05) is 68.4 Å². The maximum Gasteiger partial charge on any atom is 0.253 e. The van der Waals surface area contributed by atoms with Crippen LogP contribution in [0.3, 0.4) is 0 Å². The first-order chi connectivity index (χ1) is 14.4. The van der Waals surface area contributed by atoms with E-state index >= 15 is 0 Å². The number of nitrogens with one attached hydrogen (secondary N) is 3. The molecule has 0 aliphatic heterocycles. The summed E-state index contributed by atoms with van der Waals surface area (Å²) in [6.45, 7) is 3.76. The molecule has 3 aromatic rings. The van der Waals surface area contributed by atoms with Crippen molar-refractivity contribution in [3.63, 3.8) is 0 Å². The topological polar surface area (TPSA) is 70.2 Å². The molecule has 1 unspecified atom stereocenters. The lowest BCUT2D eigenvalue weighted by Gasteiger charge is -2.22. The van der Waals surface area contributed by atoms with Crippen molar-refractivity contribution in [3.8, 4) is 0 Å². The van der Waals surface area contributed by atoms with E-state index in [1.165, 1.54) is 0 Å². The van der Waals surface area contributed by atoms with Crippen molar-refractivity contribution in [1.82, 2.24) is 5.32 Å². The van der Waals surface area contributed by atoms with E-state index in [4.69, 9.17) is 11.6 Å². The van der Waals surface area contributed by atoms with Crippen LogP contribution in [-0.4, -0.2) is 17.9 Å². The minimum atomic E-state index is -0.698. The number of amides is 2. The highest BCUT2D eigenvalue weighted by molar-refractivity contribution is 6.33. The third-order valence-electron chi connectivity index (χ3n) is 4.57. The number of benzene rings is 3. The summed E-state index contributed by atoms with van der Waals surface area (Å²) in [6.07, 6.45) is 0. The summed E-state index contributed by atoms with van der Waals surface area (Å²) in [6, 6.07) is 23.3. The lowest BCUT2D eigenvalue weighted by Crippen LogP contribution is -2.47. The van der Waals surface area contributed by atoms with Gasteiger partial charge in [0, 0.05) is 17.1 Å². The molecule has 2 amide bonds. The SMILES string of the molecule is CC(C)C(NC(=O)c1ccccc1Cl)C(=O)Nc1ccc(Nc2ccccc2)cc1. The maximum atomic E-state index is 12.8. The van der Waals surface area contributed by atoms with Crippen molar-refractivity contribution in [2.75, 3.05) is 10.6 Å². The molecular weight excluding hydrogens is 398 g/mol. The van der Waals surface area contributed by atoms with Gasteiger partial charge in [-0.25, -0.2) is 0 Å². The number of carbonyl (C=O) groups is 2. The van der Waals surface area contributed by atoms with Gasteiger partial charge in [0.15, 0.2) is 0 Å². The monoisotopic (exact) mass is 421 g/mol. The van der Waals surface area contributed by atoms with Gasteiger partial charge < -0.3 is 16.0 Å². The molecule has 30 heavy (non-hydrogen) atoms. The molecule has 6 heteroatoms. The number of hydrogen-bond donors (Lipinski definition) is 3. The summed E-state index contributed by atoms with van der Waals surface area (Å²) in [5.74, 6) is -0.763. The molecule has 0 bridgehead atoms. The third-order valence-corrected chi connectivity index (χ3v) is 4.90. The van der Waals surface area contributed by atoms with E-state index in [1.54, 1.807) is 24.3 Å². The first-order valence-corrected chi connectivity index (χ1v) is 10.1. The average Bonchev–Trinajstić information content (AvgIpc) is 2.74. The van der Waals surface area contributed by atoms with Crippen molar-refractivity contribution in [2.24, 2.45) is 5.92 Å². The Morgan fingerprint density at radius 3 is 1.97 bits per heavy atom. The van der Waals surface area contributed by atoms with Crippen molar-refractivity contribution in [3.05, 3.63) is 89.4 Å². The lowest BCUT2D eigenvalue weighted by molar-refractivity contribution is -0.118. The van der Waals surface area contributed by atoms with Gasteiger partial charge in [-0.3, -0.25) is 9.59 Å². The van der Waals surface area contributed by atoms with E-state index in [9.17, 15) is 9.59 Å². The molecule has 0 radical (unpaired) electrons. The van der Waals surface area contributed by atoms with Gasteiger partial charge in [0.2, 0.25) is 5.91 Å². The van der Waals surface area contributed by atoms with Crippen LogP contribution in [0.5, 0.6) is 0 Å². The zero-order valence-corrected chi connectivity index (χ0v) is 17.6. The first kappa shape index (κ1) is 21.4. The largest absolute Gasteiger partial charge is 0.356 e. The molecule has 154 valence electrons. The van der Waals surface area contributed by atoms with Crippen molar-refractivity contribution in [2.45, 2.75) is 19.9 Å². The van der Waals surface area contributed by atoms with Crippen LogP contribution in [0.1, 0.15) is 24.2 Å². The number of para-hydroxylation sites is 1. The summed E-state index contributed by atoms with van der Waals surface area (Å²) >= 11 is 6.10. The minimum absolute atomic E-state index is 0.101. The van der Waals surface area contributed by atoms with Gasteiger partial charge in [-0.05, 0) is 54.4 Å². The van der Waals surface area contributed by atoms with Gasteiger partial charge in [0.1, 0.15) is 6.04 Å². The van der Waals surface area contributed by atoms with Crippen LogP contribution in [0, 0.1) is 5.92 Å². The number of rotatable bonds is 7. The number of hydrogen-bond acceptors (Lipinski definition) is 3. The van der Waals surface area contributed by atoms with Crippen LogP contribution in [-0.2, 0) is 4.79 Å². The van der Waals surface area contributed by atoms with Crippen LogP contribution in [0.4, 0.5) is 17.1 Å². The smallest absolute Gasteiger partial charge is 0.253 e. The lowest BCUT2D eigenvalue weighted by atomic mass is 10.0. The predicted octanol–water partition coefficient (Wildman–Crippen LogP) is 5.48. The van der Waals surface area contributed by atoms with Crippen molar-refractivity contribution in [1.29, 1.82) is 0 Å². The summed E-state index contributed by atoms with van der Waals surface area (Å²) in [5, 5.41) is 9.30. The fourth-order valence-corrected chi connectivity index (χ4v) is 3.17. The molecule has 3 aromatic carbocycles. The molecule has 1 atom stereocenters. The van der Waals surface area contributed by atoms with Gasteiger partial charge in [-0.15, -0.1) is 0 Å². The molecule has 3 N–H and O–H groups in total. The molecule has 0 spiro atoms. The second-order valence-electron chi connectivity index (χ2n) is 7.23. The second kappa shape index (κ2) is 9.94. The van der Waals surface area contributed by atoms with E-state index in [-0.39, 0.29) is 17.7 Å². The number of halogens is 1. The molecule has 0 saturated heterocycles. The predicted molar refractivity (Wildman–Crippen MR) is 122 cm³/mol. The molecular formula is C24H24ClN3O2. The highest BCUT2D eigenvalue weighted by atomic mass is 35.5. The Morgan fingerprint density at radius 1 is 0.767 bits per heavy atom. The van der Waals surface area contributed by atoms with Crippen molar-refractivity contribution < 1.29 is 9.59 Å². The summed E-state index contributed by atoms with van der Waals surface area (Å²) in [5.41, 5.74) is 2.88. The van der Waals surface area contributed by atoms with Crippen LogP contribution < -0.4 is 16.0 Å². The van der Waals surface area contributed by atoms with Crippen LogP contribution in [0.15, 0.2) is 78.9 Å². The van der Waals surface area contributed by atoms with E-state index < -0.39 is 6.04 Å². The summed E-state index contributed by atoms with van der Waals surface area (Å²) in [7, 11) is 0. The normalized spacial score (nSPS) is 11.6. The summed E-state index contributed by atoms with van der Waals surface area (Å²) < 4.78 is 0. The molecule has 0 aliphatic carbocycles. The molecule has 5 nitrogen and oxygen atoms in total. The third kappa shape index (κ3) is 5.61. The Kier molecular flexibility index (Phi) is 7.09. The Labute approximate surface area is 181 Å². The maximum absolute atomic E-state index is 12.8. The van der Waals surface area contributed by atoms with Crippen LogP contribution in [0.2, 0.25) is 5.02 Å². The summed E-state index contributed by atoms with van der Waals surface area (Å²) in [4.78, 5) is 25.4. The first-order valence-electron chi connectivity index (χ1n) is 9.72. The van der Waals surface area contributed by atoms with Crippen LogP contribution in [0.25, 0.3) is 0 Å². The van der Waals surface area contributed by atoms with Gasteiger partial charge in [0.05, 0.1) is 10.6 Å². The number of anilines is 3. The molecule has 0 heterocycles. The quantitative estimate of drug-likeness (QED) is 0.473. The van der Waals surface area contributed by atoms with Gasteiger partial charge in [0.25, 0.3) is 5.91 Å². The minimum Gasteiger partial charge on any atom is -0.356 e. The van der Waals surface area contributed by atoms with E-state index in [0.717, 1.165) is 11.4 Å². The zero-order valence-electron chi connectivity index (χ0n) is 16.9. The number of carbonyl (C=O) groups excluding carboxylic acids is 2. The molecule has 0 saturated carbocycles. The average molecular weight is 422 g/mol. The zero-order chi connectivity index (χ0) is 21.5. The van der Waals surface area contributed by atoms with E-state index in [2.05, 4.69) is 16.0 Å². The van der Waals surface area contributed by atoms with Gasteiger partial charge >= 0.3 is 0 Å². The molecule has 0 aliphatic rings. The second-order valence-corrected chi connectivity index (χ2v) is 7.64. The van der Waals surface area contributed by atoms with Crippen molar-refractivity contribution >= 4 is 40.5 Å². The molecule has 3 rings (SSSR count). The van der Waals surface area contributed by atoms with Crippen LogP contribution >= 0.6 is 11.6 Å². The standard InChI is InChI=1S/C24H24ClN3O2/c1-16(2)22(28-23(29)20-10-6-7-11-21(20)25)24(30)27-19-14-12-18(13-15-19)26-17-8-4-3-5-9-17/h3-16,22,26H,1-2H3,(H,27,30)(H,28,29). The highest BCUT2D eigenvalue weighted by Gasteiger charge is 2.25. The Morgan fingerprint density at radius 2 is 1.33 bits per heavy atom. The fraction of sp³-hybridized carbons (Fsp3) is 0.167. The van der Waals surface area contributed by atoms with E-state index in [0.29, 0.717) is 16.3 Å². The fourth-order valence-electron chi connectivity index (χ4n) is 2.94. The highest BCUT2D eigenvalue weighted by Crippen LogP contribution is 2.20. The Bertz CT molecular complexity index is 1000. The Hall–Kier alpha value is -3.31. The van der Waals surface area contributed by atoms with Gasteiger partial charge in [-0.1, -0.05) is 55.8 Å². The Balaban J connectivity index is 1.65.